The molecule has 6 atom stereocenters. The lowest BCUT2D eigenvalue weighted by Gasteiger charge is -2.41. The molecule has 0 aromatic carbocycles. The first-order chi connectivity index (χ1) is 12.5. The van der Waals surface area contributed by atoms with Gasteiger partial charge in [-0.05, 0) is 48.9 Å². The fraction of sp³-hybridized carbons (Fsp3) is 0.600. The average molecular weight is 360 g/mol. The lowest BCUT2D eigenvalue weighted by atomic mass is 9.91. The molecule has 0 aromatic rings. The molecule has 0 radical (unpaired) electrons. The van der Waals surface area contributed by atoms with Crippen LogP contribution >= 0.6 is 0 Å². The molecule has 1 heterocycles. The van der Waals surface area contributed by atoms with Crippen LogP contribution in [0.15, 0.2) is 0 Å². The summed E-state index contributed by atoms with van der Waals surface area (Å²) in [5.41, 5.74) is 0. The van der Waals surface area contributed by atoms with E-state index in [2.05, 4.69) is 47.4 Å². The zero-order chi connectivity index (χ0) is 19.4. The highest BCUT2D eigenvalue weighted by Gasteiger charge is 2.43. The summed E-state index contributed by atoms with van der Waals surface area (Å²) in [6.07, 6.45) is -3.95. The molecule has 1 saturated heterocycles. The molecule has 1 rings (SSSR count). The van der Waals surface area contributed by atoms with Crippen molar-refractivity contribution < 1.29 is 29.9 Å². The van der Waals surface area contributed by atoms with Crippen LogP contribution in [-0.4, -0.2) is 64.3 Å². The first-order valence-corrected chi connectivity index (χ1v) is 8.33. The maximum Gasteiger partial charge on any atom is 0.186 e. The van der Waals surface area contributed by atoms with Crippen LogP contribution in [0, 0.1) is 53.3 Å². The highest BCUT2D eigenvalue weighted by Crippen LogP contribution is 2.27. The zero-order valence-electron chi connectivity index (χ0n) is 14.9. The van der Waals surface area contributed by atoms with Crippen molar-refractivity contribution in [3.05, 3.63) is 0 Å². The summed E-state index contributed by atoms with van der Waals surface area (Å²) < 4.78 is 11.0. The van der Waals surface area contributed by atoms with Gasteiger partial charge in [0.05, 0.1) is 31.5 Å². The molecular weight excluding hydrogens is 336 g/mol. The number of hydrogen-bond donors (Lipinski definition) is 4. The Balaban J connectivity index is 2.52. The van der Waals surface area contributed by atoms with Crippen molar-refractivity contribution in [3.8, 4) is 47.4 Å². The van der Waals surface area contributed by atoms with Gasteiger partial charge in [-0.25, -0.2) is 0 Å². The second-order valence-electron chi connectivity index (χ2n) is 5.72. The highest BCUT2D eigenvalue weighted by atomic mass is 16.7. The summed E-state index contributed by atoms with van der Waals surface area (Å²) in [5.74, 6) is 20.4. The smallest absolute Gasteiger partial charge is 0.186 e. The summed E-state index contributed by atoms with van der Waals surface area (Å²) >= 11 is 0. The van der Waals surface area contributed by atoms with Gasteiger partial charge in [0.2, 0.25) is 0 Å². The predicted molar refractivity (Wildman–Crippen MR) is 94.9 cm³/mol. The van der Waals surface area contributed by atoms with Crippen molar-refractivity contribution in [2.45, 2.75) is 57.4 Å². The highest BCUT2D eigenvalue weighted by molar-refractivity contribution is 5.39. The van der Waals surface area contributed by atoms with E-state index < -0.39 is 36.6 Å². The van der Waals surface area contributed by atoms with Gasteiger partial charge >= 0.3 is 0 Å². The van der Waals surface area contributed by atoms with Gasteiger partial charge in [-0.2, -0.15) is 0 Å². The number of aliphatic hydroxyl groups is 4. The van der Waals surface area contributed by atoms with Crippen LogP contribution in [0.2, 0.25) is 0 Å². The third kappa shape index (κ3) is 7.09. The van der Waals surface area contributed by atoms with Gasteiger partial charge in [0.25, 0.3) is 0 Å². The van der Waals surface area contributed by atoms with Gasteiger partial charge in [-0.1, -0.05) is 18.8 Å². The summed E-state index contributed by atoms with van der Waals surface area (Å²) in [5, 5.41) is 38.8. The van der Waals surface area contributed by atoms with Gasteiger partial charge in [0.15, 0.2) is 6.29 Å². The van der Waals surface area contributed by atoms with Crippen LogP contribution in [0.5, 0.6) is 0 Å². The monoisotopic (exact) mass is 360 g/mol. The predicted octanol–water partition coefficient (Wildman–Crippen LogP) is -0.747. The van der Waals surface area contributed by atoms with Gasteiger partial charge in [0, 0.05) is 12.3 Å². The minimum absolute atomic E-state index is 0.295. The molecule has 4 N–H and O–H groups in total. The van der Waals surface area contributed by atoms with E-state index in [9.17, 15) is 20.4 Å². The summed E-state index contributed by atoms with van der Waals surface area (Å²) in [4.78, 5) is 0. The van der Waals surface area contributed by atoms with Crippen LogP contribution in [0.3, 0.4) is 0 Å². The number of ether oxygens (including phenoxy) is 2. The van der Waals surface area contributed by atoms with Crippen molar-refractivity contribution in [1.82, 2.24) is 0 Å². The lowest BCUT2D eigenvalue weighted by molar-refractivity contribution is -0.302. The van der Waals surface area contributed by atoms with E-state index in [1.165, 1.54) is 0 Å². The van der Waals surface area contributed by atoms with Crippen LogP contribution in [0.4, 0.5) is 0 Å². The van der Waals surface area contributed by atoms with Gasteiger partial charge in [-0.15, -0.1) is 0 Å². The van der Waals surface area contributed by atoms with E-state index in [4.69, 9.17) is 9.47 Å². The zero-order valence-corrected chi connectivity index (χ0v) is 14.9. The van der Waals surface area contributed by atoms with Gasteiger partial charge in [0.1, 0.15) is 6.10 Å². The SMILES string of the molecule is CC#CC#CC#CC#CCCC(CO)O[C@@H]1O[C@H](CO)[C@@H](C)[C@H](O)[C@H]1O. The third-order valence-electron chi connectivity index (χ3n) is 3.89. The number of hydrogen-bond acceptors (Lipinski definition) is 6. The maximum atomic E-state index is 10.1. The van der Waals surface area contributed by atoms with Gasteiger partial charge in [-0.3, -0.25) is 0 Å². The molecule has 1 aliphatic rings. The Hall–Kier alpha value is -2.00. The normalized spacial score (nSPS) is 28.0. The molecule has 0 aliphatic carbocycles. The van der Waals surface area contributed by atoms with E-state index in [0.717, 1.165) is 0 Å². The molecule has 140 valence electrons. The van der Waals surface area contributed by atoms with Crippen molar-refractivity contribution in [3.63, 3.8) is 0 Å². The Morgan fingerprint density at radius 3 is 2.27 bits per heavy atom. The second-order valence-corrected chi connectivity index (χ2v) is 5.72. The summed E-state index contributed by atoms with van der Waals surface area (Å²) in [7, 11) is 0. The van der Waals surface area contributed by atoms with E-state index in [-0.39, 0.29) is 13.2 Å². The van der Waals surface area contributed by atoms with E-state index >= 15 is 0 Å². The van der Waals surface area contributed by atoms with Crippen LogP contribution in [-0.2, 0) is 9.47 Å². The first-order valence-electron chi connectivity index (χ1n) is 8.33. The van der Waals surface area contributed by atoms with Crippen molar-refractivity contribution in [2.24, 2.45) is 5.92 Å². The Labute approximate surface area is 154 Å². The Bertz CT molecular complexity index is 670. The minimum atomic E-state index is -1.26. The Morgan fingerprint density at radius 1 is 1.00 bits per heavy atom. The molecule has 0 aromatic heterocycles. The number of aliphatic hydroxyl groups excluding tert-OH is 4. The van der Waals surface area contributed by atoms with Crippen LogP contribution in [0.1, 0.15) is 26.7 Å². The topological polar surface area (TPSA) is 99.4 Å². The summed E-state index contributed by atoms with van der Waals surface area (Å²) in [6.45, 7) is 2.76. The Kier molecular flexibility index (Phi) is 10.5. The summed E-state index contributed by atoms with van der Waals surface area (Å²) in [6, 6.07) is 0. The molecule has 1 aliphatic heterocycles. The molecule has 6 nitrogen and oxygen atoms in total. The first kappa shape index (κ1) is 22.0. The lowest BCUT2D eigenvalue weighted by Crippen LogP contribution is -2.56. The molecule has 26 heavy (non-hydrogen) atoms. The average Bonchev–Trinajstić information content (AvgIpc) is 2.65. The quantitative estimate of drug-likeness (QED) is 0.466. The van der Waals surface area contributed by atoms with E-state index in [0.29, 0.717) is 12.8 Å². The van der Waals surface area contributed by atoms with Crippen molar-refractivity contribution in [2.75, 3.05) is 13.2 Å². The van der Waals surface area contributed by atoms with Gasteiger partial charge < -0.3 is 29.9 Å². The fourth-order valence-electron chi connectivity index (χ4n) is 2.31. The molecule has 0 spiro atoms. The second kappa shape index (κ2) is 12.4. The van der Waals surface area contributed by atoms with E-state index in [1.54, 1.807) is 13.8 Å². The van der Waals surface area contributed by atoms with Crippen molar-refractivity contribution in [1.29, 1.82) is 0 Å². The number of rotatable bonds is 6. The van der Waals surface area contributed by atoms with Crippen LogP contribution < -0.4 is 0 Å². The van der Waals surface area contributed by atoms with Crippen molar-refractivity contribution >= 4 is 0 Å². The van der Waals surface area contributed by atoms with E-state index in [1.807, 2.05) is 0 Å². The molecule has 0 saturated carbocycles. The molecule has 1 fully saturated rings. The molecule has 6 heteroatoms. The maximum absolute atomic E-state index is 10.1. The van der Waals surface area contributed by atoms with Crippen LogP contribution in [0.25, 0.3) is 0 Å². The third-order valence-corrected chi connectivity index (χ3v) is 3.89. The largest absolute Gasteiger partial charge is 0.394 e. The molecule has 1 unspecified atom stereocenters. The molecule has 0 bridgehead atoms. The minimum Gasteiger partial charge on any atom is -0.394 e. The Morgan fingerprint density at radius 2 is 1.65 bits per heavy atom. The molecule has 0 amide bonds. The standard InChI is InChI=1S/C20H24O6/c1-3-4-5-6-7-8-9-10-11-12-16(13-21)25-20-19(24)18(23)15(2)17(14-22)26-20/h15-24H,11-14H2,1-2H3/t15-,16?,17-,18+,19-,20-/m1/s1. The molecular formula is C20H24O6. The fourth-order valence-corrected chi connectivity index (χ4v) is 2.31.